The molecule has 0 bridgehead atoms. The maximum absolute atomic E-state index is 14.3. The fourth-order valence-corrected chi connectivity index (χ4v) is 5.93. The first-order valence-electron chi connectivity index (χ1n) is 15.2. The number of nitrogens with one attached hydrogen (secondary N) is 2. The largest absolute Gasteiger partial charge is 0.448 e. The molecule has 0 radical (unpaired) electrons. The second-order valence-electron chi connectivity index (χ2n) is 11.2. The van der Waals surface area contributed by atoms with E-state index in [1.807, 2.05) is 6.07 Å². The molecule has 1 unspecified atom stereocenters. The fraction of sp³-hybridized carbons (Fsp3) is 0.500. The standard InChI is InChI=1S/C32H40FN5O4/c1-2-3-4-5-6-7-8-9-18-42-32(41)38-29-20-23(33)11-13-25(29)27(36-38)21-28(37-16-14-34-15-17-37)22-10-12-24-26(19-22)31(40)35-30(24)39/h10-13,19-20,28,34H,2-9,14-18,21H2,1H3,(H,35,39,40). The lowest BCUT2D eigenvalue weighted by Gasteiger charge is -2.35. The third kappa shape index (κ3) is 6.87. The lowest BCUT2D eigenvalue weighted by atomic mass is 9.95. The number of fused-ring (bicyclic) bond motifs is 2. The second-order valence-corrected chi connectivity index (χ2v) is 11.2. The van der Waals surface area contributed by atoms with Crippen molar-refractivity contribution in [1.82, 2.24) is 25.3 Å². The number of halogens is 1. The minimum absolute atomic E-state index is 0.175. The van der Waals surface area contributed by atoms with Crippen LogP contribution in [0.3, 0.4) is 0 Å². The van der Waals surface area contributed by atoms with E-state index in [1.54, 1.807) is 18.2 Å². The SMILES string of the molecule is CCCCCCCCCCOC(=O)n1nc(CC(c2ccc3c(c2)C(=O)NC3=O)N2CCNCC2)c2ccc(F)cc21. The van der Waals surface area contributed by atoms with Gasteiger partial charge >= 0.3 is 6.09 Å². The van der Waals surface area contributed by atoms with Crippen LogP contribution in [0.1, 0.15) is 96.3 Å². The van der Waals surface area contributed by atoms with Gasteiger partial charge in [-0.3, -0.25) is 19.8 Å². The van der Waals surface area contributed by atoms with E-state index >= 15 is 0 Å². The summed E-state index contributed by atoms with van der Waals surface area (Å²) in [6, 6.07) is 9.50. The molecule has 42 heavy (non-hydrogen) atoms. The Morgan fingerprint density at radius 2 is 1.67 bits per heavy atom. The smallest absolute Gasteiger partial charge is 0.435 e. The van der Waals surface area contributed by atoms with Gasteiger partial charge < -0.3 is 10.1 Å². The van der Waals surface area contributed by atoms with Gasteiger partial charge in [0.1, 0.15) is 5.82 Å². The highest BCUT2D eigenvalue weighted by atomic mass is 19.1. The molecule has 1 fully saturated rings. The zero-order chi connectivity index (χ0) is 29.5. The molecule has 2 N–H and O–H groups in total. The molecule has 2 aliphatic rings. The van der Waals surface area contributed by atoms with Crippen LogP contribution in [0.25, 0.3) is 10.9 Å². The van der Waals surface area contributed by atoms with Crippen molar-refractivity contribution in [2.75, 3.05) is 32.8 Å². The summed E-state index contributed by atoms with van der Waals surface area (Å²) >= 11 is 0. The summed E-state index contributed by atoms with van der Waals surface area (Å²) in [6.45, 7) is 5.68. The number of aromatic nitrogens is 2. The number of rotatable bonds is 13. The third-order valence-electron chi connectivity index (χ3n) is 8.24. The number of unbranched alkanes of at least 4 members (excludes halogenated alkanes) is 7. The van der Waals surface area contributed by atoms with Gasteiger partial charge in [0, 0.05) is 50.1 Å². The van der Waals surface area contributed by atoms with E-state index in [9.17, 15) is 18.8 Å². The first kappa shape index (κ1) is 29.8. The van der Waals surface area contributed by atoms with Crippen molar-refractivity contribution in [1.29, 1.82) is 0 Å². The number of benzene rings is 2. The summed E-state index contributed by atoms with van der Waals surface area (Å²) in [7, 11) is 0. The van der Waals surface area contributed by atoms with Crippen LogP contribution in [0.15, 0.2) is 36.4 Å². The molecule has 0 saturated carbocycles. The van der Waals surface area contributed by atoms with Crippen molar-refractivity contribution in [3.8, 4) is 0 Å². The molecule has 9 nitrogen and oxygen atoms in total. The number of piperazine rings is 1. The summed E-state index contributed by atoms with van der Waals surface area (Å²) in [6.07, 6.45) is 8.91. The van der Waals surface area contributed by atoms with Crippen LogP contribution in [-0.4, -0.2) is 65.4 Å². The number of carbonyl (C=O) groups excluding carboxylic acids is 3. The number of nitrogens with zero attached hydrogens (tertiary/aromatic N) is 3. The van der Waals surface area contributed by atoms with Gasteiger partial charge in [-0.25, -0.2) is 9.18 Å². The molecule has 1 saturated heterocycles. The minimum Gasteiger partial charge on any atom is -0.448 e. The Hall–Kier alpha value is -3.63. The molecule has 0 spiro atoms. The molecule has 1 aromatic heterocycles. The van der Waals surface area contributed by atoms with Gasteiger partial charge in [0.2, 0.25) is 0 Å². The van der Waals surface area contributed by atoms with E-state index in [-0.39, 0.29) is 6.04 Å². The highest BCUT2D eigenvalue weighted by molar-refractivity contribution is 6.21. The normalized spacial score (nSPS) is 16.0. The van der Waals surface area contributed by atoms with E-state index in [2.05, 4.69) is 27.6 Å². The van der Waals surface area contributed by atoms with Gasteiger partial charge in [-0.05, 0) is 36.2 Å². The monoisotopic (exact) mass is 577 g/mol. The predicted octanol–water partition coefficient (Wildman–Crippen LogP) is 5.37. The van der Waals surface area contributed by atoms with E-state index < -0.39 is 23.7 Å². The highest BCUT2D eigenvalue weighted by Crippen LogP contribution is 2.31. The zero-order valence-corrected chi connectivity index (χ0v) is 24.3. The molecule has 0 aliphatic carbocycles. The van der Waals surface area contributed by atoms with Gasteiger partial charge in [-0.1, -0.05) is 57.9 Å². The van der Waals surface area contributed by atoms with Crippen molar-refractivity contribution in [2.45, 2.75) is 70.8 Å². The number of ether oxygens (including phenoxy) is 1. The summed E-state index contributed by atoms with van der Waals surface area (Å²) in [5, 5.41) is 11.0. The molecule has 2 amide bonds. The quantitative estimate of drug-likeness (QED) is 0.208. The van der Waals surface area contributed by atoms with Crippen molar-refractivity contribution in [3.05, 3.63) is 64.6 Å². The number of hydrogen-bond acceptors (Lipinski definition) is 7. The zero-order valence-electron chi connectivity index (χ0n) is 24.3. The van der Waals surface area contributed by atoms with Crippen molar-refractivity contribution in [2.24, 2.45) is 0 Å². The van der Waals surface area contributed by atoms with Gasteiger partial charge in [0.05, 0.1) is 28.9 Å². The lowest BCUT2D eigenvalue weighted by Crippen LogP contribution is -2.45. The Morgan fingerprint density at radius 3 is 2.43 bits per heavy atom. The number of hydrogen-bond donors (Lipinski definition) is 2. The molecular formula is C32H40FN5O4. The van der Waals surface area contributed by atoms with Gasteiger partial charge in [0.15, 0.2) is 0 Å². The molecule has 2 aliphatic heterocycles. The number of carbonyl (C=O) groups is 3. The fourth-order valence-electron chi connectivity index (χ4n) is 5.93. The molecule has 1 atom stereocenters. The van der Waals surface area contributed by atoms with E-state index in [4.69, 9.17) is 4.74 Å². The Bertz CT molecular complexity index is 1430. The molecule has 5 rings (SSSR count). The van der Waals surface area contributed by atoms with Gasteiger partial charge in [-0.15, -0.1) is 0 Å². The van der Waals surface area contributed by atoms with E-state index in [0.717, 1.165) is 51.0 Å². The Balaban J connectivity index is 1.34. The average molecular weight is 578 g/mol. The van der Waals surface area contributed by atoms with Gasteiger partial charge in [-0.2, -0.15) is 9.78 Å². The van der Waals surface area contributed by atoms with Crippen LogP contribution in [0.5, 0.6) is 0 Å². The second kappa shape index (κ2) is 14.0. The summed E-state index contributed by atoms with van der Waals surface area (Å²) in [5.41, 5.74) is 2.61. The Kier molecular flexibility index (Phi) is 9.97. The van der Waals surface area contributed by atoms with E-state index in [1.165, 1.54) is 48.9 Å². The third-order valence-corrected chi connectivity index (χ3v) is 8.24. The first-order chi connectivity index (χ1) is 20.5. The summed E-state index contributed by atoms with van der Waals surface area (Å²) in [5.74, 6) is -1.25. The summed E-state index contributed by atoms with van der Waals surface area (Å²) < 4.78 is 21.1. The Morgan fingerprint density at radius 1 is 0.952 bits per heavy atom. The van der Waals surface area contributed by atoms with Crippen LogP contribution in [-0.2, 0) is 11.2 Å². The summed E-state index contributed by atoms with van der Waals surface area (Å²) in [4.78, 5) is 39.9. The van der Waals surface area contributed by atoms with Crippen LogP contribution in [0, 0.1) is 5.82 Å². The number of amides is 2. The highest BCUT2D eigenvalue weighted by Gasteiger charge is 2.31. The van der Waals surface area contributed by atoms with Gasteiger partial charge in [0.25, 0.3) is 11.8 Å². The van der Waals surface area contributed by atoms with Crippen LogP contribution in [0.2, 0.25) is 0 Å². The maximum atomic E-state index is 14.3. The maximum Gasteiger partial charge on any atom is 0.435 e. The van der Waals surface area contributed by atoms with Crippen molar-refractivity contribution >= 4 is 28.8 Å². The minimum atomic E-state index is -0.619. The molecule has 2 aromatic carbocycles. The molecule has 224 valence electrons. The lowest BCUT2D eigenvalue weighted by molar-refractivity contribution is 0.0879. The topological polar surface area (TPSA) is 106 Å². The van der Waals surface area contributed by atoms with Crippen LogP contribution in [0.4, 0.5) is 9.18 Å². The van der Waals surface area contributed by atoms with Crippen LogP contribution < -0.4 is 10.6 Å². The molecular weight excluding hydrogens is 537 g/mol. The van der Waals surface area contributed by atoms with E-state index in [0.29, 0.717) is 40.8 Å². The molecule has 10 heteroatoms. The number of imide groups is 1. The van der Waals surface area contributed by atoms with Crippen LogP contribution >= 0.6 is 0 Å². The first-order valence-corrected chi connectivity index (χ1v) is 15.2. The van der Waals surface area contributed by atoms with Crippen molar-refractivity contribution in [3.63, 3.8) is 0 Å². The molecule has 3 aromatic rings. The Labute approximate surface area is 245 Å². The average Bonchev–Trinajstić information content (AvgIpc) is 3.50. The predicted molar refractivity (Wildman–Crippen MR) is 158 cm³/mol. The van der Waals surface area contributed by atoms with Crippen molar-refractivity contribution < 1.29 is 23.5 Å². The molecule has 3 heterocycles.